The van der Waals surface area contributed by atoms with Gasteiger partial charge in [-0.25, -0.2) is 4.68 Å². The molecular weight excluding hydrogens is 389 g/mol. The molecule has 0 radical (unpaired) electrons. The lowest BCUT2D eigenvalue weighted by Crippen LogP contribution is -2.36. The van der Waals surface area contributed by atoms with Gasteiger partial charge >= 0.3 is 6.18 Å². The van der Waals surface area contributed by atoms with Crippen molar-refractivity contribution in [3.63, 3.8) is 0 Å². The number of hydrogen-bond acceptors (Lipinski definition) is 5. The fourth-order valence-corrected chi connectivity index (χ4v) is 3.42. The number of nitrogens with one attached hydrogen (secondary N) is 2. The summed E-state index contributed by atoms with van der Waals surface area (Å²) in [5, 5.41) is 9.69. The maximum absolute atomic E-state index is 13.8. The molecule has 0 fully saturated rings. The summed E-state index contributed by atoms with van der Waals surface area (Å²) >= 11 is 0. The summed E-state index contributed by atoms with van der Waals surface area (Å²) in [6, 6.07) is 3.95. The summed E-state index contributed by atoms with van der Waals surface area (Å²) in [7, 11) is 0. The van der Waals surface area contributed by atoms with Crippen molar-refractivity contribution in [2.75, 3.05) is 18.7 Å². The third-order valence-electron chi connectivity index (χ3n) is 4.89. The highest BCUT2D eigenvalue weighted by molar-refractivity contribution is 5.93. The van der Waals surface area contributed by atoms with Gasteiger partial charge < -0.3 is 20.1 Å². The van der Waals surface area contributed by atoms with E-state index >= 15 is 0 Å². The van der Waals surface area contributed by atoms with Crippen molar-refractivity contribution in [2.45, 2.75) is 38.5 Å². The fraction of sp³-hybridized carbons (Fsp3) is 0.474. The molecule has 2 N–H and O–H groups in total. The minimum absolute atomic E-state index is 0.0475. The smallest absolute Gasteiger partial charge is 0.410 e. The highest BCUT2D eigenvalue weighted by Gasteiger charge is 2.47. The first-order valence-electron chi connectivity index (χ1n) is 9.33. The van der Waals surface area contributed by atoms with E-state index in [4.69, 9.17) is 9.47 Å². The topological polar surface area (TPSA) is 77.4 Å². The van der Waals surface area contributed by atoms with Crippen LogP contribution in [0.1, 0.15) is 48.4 Å². The lowest BCUT2D eigenvalue weighted by molar-refractivity contribution is -0.173. The van der Waals surface area contributed by atoms with E-state index in [1.807, 2.05) is 13.8 Å². The van der Waals surface area contributed by atoms with E-state index in [-0.39, 0.29) is 30.6 Å². The van der Waals surface area contributed by atoms with E-state index in [0.717, 1.165) is 4.68 Å². The number of carbonyl (C=O) groups excluding carboxylic acids is 1. The summed E-state index contributed by atoms with van der Waals surface area (Å²) < 4.78 is 52.7. The number of hydrogen-bond donors (Lipinski definition) is 2. The fourth-order valence-electron chi connectivity index (χ4n) is 3.42. The lowest BCUT2D eigenvalue weighted by atomic mass is 9.96. The Labute approximate surface area is 165 Å². The van der Waals surface area contributed by atoms with Crippen LogP contribution >= 0.6 is 0 Å². The van der Waals surface area contributed by atoms with Gasteiger partial charge in [0, 0.05) is 19.0 Å². The molecule has 0 spiro atoms. The molecule has 2 aromatic rings. The first-order valence-corrected chi connectivity index (χ1v) is 9.33. The van der Waals surface area contributed by atoms with Crippen molar-refractivity contribution >= 4 is 11.7 Å². The van der Waals surface area contributed by atoms with E-state index in [2.05, 4.69) is 15.7 Å². The monoisotopic (exact) mass is 410 g/mol. The van der Waals surface area contributed by atoms with Crippen LogP contribution in [0.3, 0.4) is 0 Å². The molecule has 29 heavy (non-hydrogen) atoms. The summed E-state index contributed by atoms with van der Waals surface area (Å²) in [5.41, 5.74) is 0.593. The Kier molecular flexibility index (Phi) is 4.79. The second-order valence-corrected chi connectivity index (χ2v) is 7.57. The summed E-state index contributed by atoms with van der Waals surface area (Å²) in [4.78, 5) is 12.3. The minimum atomic E-state index is -4.51. The molecule has 7 nitrogen and oxygen atoms in total. The molecule has 156 valence electrons. The maximum atomic E-state index is 13.8. The lowest BCUT2D eigenvalue weighted by Gasteiger charge is -2.33. The Morgan fingerprint density at radius 2 is 2.07 bits per heavy atom. The van der Waals surface area contributed by atoms with Gasteiger partial charge in [0.05, 0.1) is 6.04 Å². The quantitative estimate of drug-likeness (QED) is 0.805. The Morgan fingerprint density at radius 1 is 1.31 bits per heavy atom. The van der Waals surface area contributed by atoms with E-state index in [1.54, 1.807) is 18.2 Å². The molecule has 4 rings (SSSR count). The summed E-state index contributed by atoms with van der Waals surface area (Å²) in [6.45, 7) is 4.35. The number of rotatable bonds is 4. The van der Waals surface area contributed by atoms with Crippen molar-refractivity contribution in [1.29, 1.82) is 0 Å². The molecule has 2 atom stereocenters. The largest absolute Gasteiger partial charge is 0.454 e. The zero-order chi connectivity index (χ0) is 20.8. The van der Waals surface area contributed by atoms with E-state index in [1.165, 1.54) is 6.07 Å². The van der Waals surface area contributed by atoms with Crippen LogP contribution in [0.5, 0.6) is 11.5 Å². The second-order valence-electron chi connectivity index (χ2n) is 7.57. The molecule has 1 amide bonds. The molecule has 0 bridgehead atoms. The van der Waals surface area contributed by atoms with E-state index in [0.29, 0.717) is 23.6 Å². The average Bonchev–Trinajstić information content (AvgIpc) is 3.30. The molecule has 1 aromatic carbocycles. The van der Waals surface area contributed by atoms with Crippen molar-refractivity contribution < 1.29 is 27.4 Å². The van der Waals surface area contributed by atoms with Gasteiger partial charge in [0.1, 0.15) is 5.82 Å². The first-order chi connectivity index (χ1) is 13.7. The third-order valence-corrected chi connectivity index (χ3v) is 4.89. The number of alkyl halides is 3. The number of halogens is 3. The predicted molar refractivity (Wildman–Crippen MR) is 98.0 cm³/mol. The zero-order valence-corrected chi connectivity index (χ0v) is 15.9. The Bertz CT molecular complexity index is 926. The second kappa shape index (κ2) is 7.16. The van der Waals surface area contributed by atoms with Crippen LogP contribution in [-0.2, 0) is 0 Å². The SMILES string of the molecule is CC(C)CNC(=O)c1cc2n(n1)[C@@H](C(F)(F)F)C[C@@H](c1ccc3c(c1)OCO3)N2. The number of ether oxygens (including phenoxy) is 2. The van der Waals surface area contributed by atoms with Gasteiger partial charge in [-0.3, -0.25) is 4.79 Å². The van der Waals surface area contributed by atoms with Gasteiger partial charge in [-0.2, -0.15) is 18.3 Å². The highest BCUT2D eigenvalue weighted by atomic mass is 19.4. The number of benzene rings is 1. The van der Waals surface area contributed by atoms with Crippen LogP contribution < -0.4 is 20.1 Å². The van der Waals surface area contributed by atoms with Crippen molar-refractivity contribution in [1.82, 2.24) is 15.1 Å². The van der Waals surface area contributed by atoms with Gasteiger partial charge in [-0.15, -0.1) is 0 Å². The van der Waals surface area contributed by atoms with Crippen molar-refractivity contribution in [2.24, 2.45) is 5.92 Å². The normalized spacial score (nSPS) is 20.3. The standard InChI is InChI=1S/C19H21F3N4O3/c1-10(2)8-23-18(27)13-7-17-24-12(6-16(19(20,21)22)26(17)25-13)11-3-4-14-15(5-11)29-9-28-14/h3-5,7,10,12,16,24H,6,8-9H2,1-2H3,(H,23,27)/t12-,16+/m0/s1. The number of amides is 1. The Morgan fingerprint density at radius 3 is 2.79 bits per heavy atom. The van der Waals surface area contributed by atoms with Crippen LogP contribution in [0, 0.1) is 5.92 Å². The minimum Gasteiger partial charge on any atom is -0.454 e. The number of anilines is 1. The Balaban J connectivity index is 1.63. The molecule has 0 saturated heterocycles. The van der Waals surface area contributed by atoms with Crippen LogP contribution in [0.15, 0.2) is 24.3 Å². The molecule has 2 aliphatic rings. The van der Waals surface area contributed by atoms with Crippen LogP contribution in [0.2, 0.25) is 0 Å². The number of nitrogens with zero attached hydrogens (tertiary/aromatic N) is 2. The molecule has 10 heteroatoms. The van der Waals surface area contributed by atoms with Gasteiger partial charge in [-0.05, 0) is 23.6 Å². The summed E-state index contributed by atoms with van der Waals surface area (Å²) in [6.07, 6.45) is -4.77. The van der Waals surface area contributed by atoms with Crippen molar-refractivity contribution in [3.8, 4) is 11.5 Å². The van der Waals surface area contributed by atoms with Crippen LogP contribution in [0.25, 0.3) is 0 Å². The molecule has 0 unspecified atom stereocenters. The molecule has 2 aliphatic heterocycles. The number of carbonyl (C=O) groups is 1. The number of fused-ring (bicyclic) bond motifs is 2. The first kappa shape index (κ1) is 19.4. The summed E-state index contributed by atoms with van der Waals surface area (Å²) in [5.74, 6) is 0.929. The molecule has 1 aromatic heterocycles. The zero-order valence-electron chi connectivity index (χ0n) is 15.9. The Hall–Kier alpha value is -2.91. The molecular formula is C19H21F3N4O3. The average molecular weight is 410 g/mol. The third kappa shape index (κ3) is 3.83. The van der Waals surface area contributed by atoms with E-state index < -0.39 is 24.2 Å². The van der Waals surface area contributed by atoms with Gasteiger partial charge in [0.2, 0.25) is 6.79 Å². The van der Waals surface area contributed by atoms with Gasteiger partial charge in [-0.1, -0.05) is 19.9 Å². The van der Waals surface area contributed by atoms with Gasteiger partial charge in [0.15, 0.2) is 23.2 Å². The van der Waals surface area contributed by atoms with Crippen LogP contribution in [0.4, 0.5) is 19.0 Å². The van der Waals surface area contributed by atoms with Crippen LogP contribution in [-0.4, -0.2) is 35.2 Å². The molecule has 0 saturated carbocycles. The van der Waals surface area contributed by atoms with Gasteiger partial charge in [0.25, 0.3) is 5.91 Å². The molecule has 0 aliphatic carbocycles. The maximum Gasteiger partial charge on any atom is 0.410 e. The molecule has 3 heterocycles. The predicted octanol–water partition coefficient (Wildman–Crippen LogP) is 3.66. The highest BCUT2D eigenvalue weighted by Crippen LogP contribution is 2.45. The van der Waals surface area contributed by atoms with E-state index in [9.17, 15) is 18.0 Å². The number of aromatic nitrogens is 2. The van der Waals surface area contributed by atoms with Crippen molar-refractivity contribution in [3.05, 3.63) is 35.5 Å².